The van der Waals surface area contributed by atoms with Crippen molar-refractivity contribution < 1.29 is 23.1 Å². The number of thiophene rings is 1. The van der Waals surface area contributed by atoms with Gasteiger partial charge in [0.1, 0.15) is 0 Å². The minimum absolute atomic E-state index is 0.102. The number of sulfonamides is 1. The van der Waals surface area contributed by atoms with Gasteiger partial charge in [-0.2, -0.15) is 0 Å². The molecule has 4 rings (SSSR count). The number of amides is 2. The largest absolute Gasteiger partial charge is 0.465 e. The Kier molecular flexibility index (Phi) is 6.96. The van der Waals surface area contributed by atoms with E-state index in [-0.39, 0.29) is 11.7 Å². The maximum Gasteiger partial charge on any atom is 0.404 e. The summed E-state index contributed by atoms with van der Waals surface area (Å²) in [5.74, 6) is -0.246. The van der Waals surface area contributed by atoms with E-state index < -0.39 is 22.0 Å². The predicted molar refractivity (Wildman–Crippen MR) is 133 cm³/mol. The fraction of sp³-hybridized carbons (Fsp3) is 0.391. The molecular weight excluding hydrogens is 476 g/mol. The first-order valence-corrected chi connectivity index (χ1v) is 13.7. The number of nitrogens with zero attached hydrogens (tertiary/aromatic N) is 1. The summed E-state index contributed by atoms with van der Waals surface area (Å²) in [5.41, 5.74) is 9.67. The van der Waals surface area contributed by atoms with Crippen LogP contribution in [0.3, 0.4) is 0 Å². The second-order valence-electron chi connectivity index (χ2n) is 8.41. The molecule has 0 saturated carbocycles. The van der Waals surface area contributed by atoms with Crippen LogP contribution in [0.1, 0.15) is 46.5 Å². The first kappa shape index (κ1) is 24.2. The highest BCUT2D eigenvalue weighted by Crippen LogP contribution is 2.38. The highest BCUT2D eigenvalue weighted by atomic mass is 32.2. The van der Waals surface area contributed by atoms with E-state index in [1.807, 2.05) is 23.7 Å². The maximum absolute atomic E-state index is 12.2. The first-order chi connectivity index (χ1) is 16.2. The number of H-pyrrole nitrogens is 1. The van der Waals surface area contributed by atoms with Crippen LogP contribution in [0.2, 0.25) is 0 Å². The molecule has 5 N–H and O–H groups in total. The van der Waals surface area contributed by atoms with Crippen molar-refractivity contribution in [3.05, 3.63) is 45.8 Å². The van der Waals surface area contributed by atoms with Crippen LogP contribution in [-0.4, -0.2) is 60.2 Å². The molecule has 1 aliphatic heterocycles. The number of benzene rings is 1. The van der Waals surface area contributed by atoms with Gasteiger partial charge in [0.15, 0.2) is 0 Å². The van der Waals surface area contributed by atoms with Crippen LogP contribution in [0.5, 0.6) is 0 Å². The Hall–Kier alpha value is -2.89. The number of primary amides is 1. The van der Waals surface area contributed by atoms with E-state index in [0.29, 0.717) is 50.0 Å². The third-order valence-corrected chi connectivity index (χ3v) is 9.25. The summed E-state index contributed by atoms with van der Waals surface area (Å²) in [6, 6.07) is 5.83. The van der Waals surface area contributed by atoms with Crippen LogP contribution in [-0.2, 0) is 16.4 Å². The molecule has 1 saturated heterocycles. The molecule has 11 heteroatoms. The van der Waals surface area contributed by atoms with E-state index in [9.17, 15) is 18.0 Å². The minimum atomic E-state index is -3.20. The first-order valence-electron chi connectivity index (χ1n) is 11.2. The van der Waals surface area contributed by atoms with Gasteiger partial charge in [0.05, 0.1) is 16.8 Å². The number of piperidine rings is 1. The Labute approximate surface area is 202 Å². The highest BCUT2D eigenvalue weighted by Gasteiger charge is 2.29. The lowest BCUT2D eigenvalue weighted by molar-refractivity contribution is 0.100. The number of carboxylic acid groups (broad SMARTS) is 1. The molecule has 34 heavy (non-hydrogen) atoms. The highest BCUT2D eigenvalue weighted by molar-refractivity contribution is 7.89. The lowest BCUT2D eigenvalue weighted by Gasteiger charge is -2.31. The number of fused-ring (bicyclic) bond motifs is 1. The predicted octanol–water partition coefficient (Wildman–Crippen LogP) is 3.33. The Balaban J connectivity index is 1.64. The summed E-state index contributed by atoms with van der Waals surface area (Å²) in [4.78, 5) is 27.2. The minimum Gasteiger partial charge on any atom is -0.465 e. The standard InChI is InChI=1S/C23H28N4O5S2/c1-2-34(31,32)27-7-4-14(5-8-27)20-12-26-21-18(20)10-15(11-19(21)22(24)28)16-9-17(33-13-16)3-6-25-23(29)30/h9-14,25-26H,2-8H2,1H3,(H2,24,28)(H,29,30). The number of carbonyl (C=O) groups excluding carboxylic acids is 1. The van der Waals surface area contributed by atoms with Crippen LogP contribution in [0.4, 0.5) is 4.79 Å². The normalized spacial score (nSPS) is 15.6. The van der Waals surface area contributed by atoms with Crippen LogP contribution in [0.25, 0.3) is 22.0 Å². The number of aromatic nitrogens is 1. The average molecular weight is 505 g/mol. The number of carbonyl (C=O) groups is 2. The Morgan fingerprint density at radius 2 is 1.97 bits per heavy atom. The summed E-state index contributed by atoms with van der Waals surface area (Å²) in [6.45, 7) is 2.95. The third kappa shape index (κ3) is 4.96. The maximum atomic E-state index is 12.2. The molecule has 3 heterocycles. The molecule has 9 nitrogen and oxygen atoms in total. The molecule has 0 radical (unpaired) electrons. The second kappa shape index (κ2) is 9.77. The molecule has 0 aliphatic carbocycles. The van der Waals surface area contributed by atoms with Gasteiger partial charge in [-0.05, 0) is 72.4 Å². The van der Waals surface area contributed by atoms with Gasteiger partial charge in [0, 0.05) is 36.1 Å². The second-order valence-corrected chi connectivity index (χ2v) is 11.7. The molecule has 2 amide bonds. The number of nitrogens with two attached hydrogens (primary N) is 1. The zero-order valence-corrected chi connectivity index (χ0v) is 20.5. The lowest BCUT2D eigenvalue weighted by atomic mass is 9.88. The van der Waals surface area contributed by atoms with E-state index in [0.717, 1.165) is 27.0 Å². The number of aromatic amines is 1. The summed E-state index contributed by atoms with van der Waals surface area (Å²) in [5, 5.41) is 14.0. The quantitative estimate of drug-likeness (QED) is 0.372. The molecule has 0 atom stereocenters. The van der Waals surface area contributed by atoms with Crippen LogP contribution < -0.4 is 11.1 Å². The van der Waals surface area contributed by atoms with Crippen LogP contribution >= 0.6 is 11.3 Å². The van der Waals surface area contributed by atoms with Crippen LogP contribution in [0, 0.1) is 0 Å². The molecule has 3 aromatic rings. The van der Waals surface area contributed by atoms with Crippen molar-refractivity contribution in [1.82, 2.24) is 14.6 Å². The molecule has 0 bridgehead atoms. The molecule has 0 spiro atoms. The molecule has 182 valence electrons. The van der Waals surface area contributed by atoms with Gasteiger partial charge >= 0.3 is 6.09 Å². The number of nitrogens with one attached hydrogen (secondary N) is 2. The van der Waals surface area contributed by atoms with Gasteiger partial charge in [-0.1, -0.05) is 0 Å². The Morgan fingerprint density at radius 1 is 1.24 bits per heavy atom. The van der Waals surface area contributed by atoms with E-state index in [1.165, 1.54) is 11.3 Å². The monoisotopic (exact) mass is 504 g/mol. The van der Waals surface area contributed by atoms with E-state index in [2.05, 4.69) is 10.3 Å². The van der Waals surface area contributed by atoms with Gasteiger partial charge in [-0.25, -0.2) is 17.5 Å². The molecule has 1 fully saturated rings. The third-order valence-electron chi connectivity index (χ3n) is 6.37. The lowest BCUT2D eigenvalue weighted by Crippen LogP contribution is -2.38. The van der Waals surface area contributed by atoms with Crippen molar-refractivity contribution in [3.8, 4) is 11.1 Å². The molecular formula is C23H28N4O5S2. The van der Waals surface area contributed by atoms with Gasteiger partial charge in [-0.15, -0.1) is 11.3 Å². The van der Waals surface area contributed by atoms with E-state index in [4.69, 9.17) is 10.8 Å². The average Bonchev–Trinajstić information content (AvgIpc) is 3.45. The van der Waals surface area contributed by atoms with Gasteiger partial charge in [0.2, 0.25) is 10.0 Å². The number of hydrogen-bond acceptors (Lipinski definition) is 5. The van der Waals surface area contributed by atoms with Gasteiger partial charge in [0.25, 0.3) is 5.91 Å². The fourth-order valence-corrected chi connectivity index (χ4v) is 6.56. The number of rotatable bonds is 8. The van der Waals surface area contributed by atoms with Crippen molar-refractivity contribution in [1.29, 1.82) is 0 Å². The Bertz CT molecular complexity index is 1320. The van der Waals surface area contributed by atoms with Crippen molar-refractivity contribution in [2.24, 2.45) is 5.73 Å². The SMILES string of the molecule is CCS(=O)(=O)N1CCC(c2c[nH]c3c(C(N)=O)cc(-c4csc(CCNC(=O)O)c4)cc23)CC1. The molecule has 1 aliphatic rings. The fourth-order valence-electron chi connectivity index (χ4n) is 4.53. The number of hydrogen-bond donors (Lipinski definition) is 4. The summed E-state index contributed by atoms with van der Waals surface area (Å²) >= 11 is 1.54. The zero-order valence-electron chi connectivity index (χ0n) is 18.8. The molecule has 1 aromatic carbocycles. The molecule has 2 aromatic heterocycles. The summed E-state index contributed by atoms with van der Waals surface area (Å²) < 4.78 is 26.0. The van der Waals surface area contributed by atoms with Crippen molar-refractivity contribution in [3.63, 3.8) is 0 Å². The molecule has 0 unspecified atom stereocenters. The van der Waals surface area contributed by atoms with E-state index in [1.54, 1.807) is 17.3 Å². The van der Waals surface area contributed by atoms with Gasteiger partial charge < -0.3 is 21.1 Å². The van der Waals surface area contributed by atoms with E-state index >= 15 is 0 Å². The Morgan fingerprint density at radius 3 is 2.62 bits per heavy atom. The van der Waals surface area contributed by atoms with Crippen LogP contribution in [0.15, 0.2) is 29.8 Å². The van der Waals surface area contributed by atoms with Crippen molar-refractivity contribution >= 4 is 44.3 Å². The van der Waals surface area contributed by atoms with Crippen molar-refractivity contribution in [2.75, 3.05) is 25.4 Å². The summed E-state index contributed by atoms with van der Waals surface area (Å²) in [6.07, 6.45) is 2.86. The zero-order chi connectivity index (χ0) is 24.5. The van der Waals surface area contributed by atoms with Gasteiger partial charge in [-0.3, -0.25) is 4.79 Å². The summed E-state index contributed by atoms with van der Waals surface area (Å²) in [7, 11) is -3.20. The van der Waals surface area contributed by atoms with Crippen molar-refractivity contribution in [2.45, 2.75) is 32.1 Å². The smallest absolute Gasteiger partial charge is 0.404 e. The topological polar surface area (TPSA) is 146 Å².